The van der Waals surface area contributed by atoms with Gasteiger partial charge in [-0.2, -0.15) is 0 Å². The fraction of sp³-hybridized carbons (Fsp3) is 0.167. The fourth-order valence-corrected chi connectivity index (χ4v) is 1.11. The Hall–Kier alpha value is -1.70. The molecule has 0 aliphatic rings. The van der Waals surface area contributed by atoms with Crippen LogP contribution in [0.15, 0.2) is 46.9 Å². The Kier molecular flexibility index (Phi) is 4.35. The van der Waals surface area contributed by atoms with E-state index in [9.17, 15) is 0 Å². The van der Waals surface area contributed by atoms with Gasteiger partial charge in [0.2, 0.25) is 0 Å². The van der Waals surface area contributed by atoms with Crippen molar-refractivity contribution in [3.8, 4) is 0 Å². The Bertz CT molecular complexity index is 323. The molecule has 0 heterocycles. The van der Waals surface area contributed by atoms with Gasteiger partial charge in [0.1, 0.15) is 0 Å². The quantitative estimate of drug-likeness (QED) is 0.631. The van der Waals surface area contributed by atoms with Crippen LogP contribution in [-0.2, 0) is 13.1 Å². The Morgan fingerprint density at radius 2 is 1.64 bits per heavy atom. The first-order chi connectivity index (χ1) is 6.86. The van der Waals surface area contributed by atoms with E-state index in [1.165, 1.54) is 11.1 Å². The lowest BCUT2D eigenvalue weighted by Gasteiger charge is -1.98. The van der Waals surface area contributed by atoms with Crippen molar-refractivity contribution in [2.45, 2.75) is 13.1 Å². The zero-order valence-electron chi connectivity index (χ0n) is 8.19. The van der Waals surface area contributed by atoms with Gasteiger partial charge in [0.05, 0.1) is 13.1 Å². The van der Waals surface area contributed by atoms with E-state index in [0.717, 1.165) is 0 Å². The van der Waals surface area contributed by atoms with Crippen molar-refractivity contribution in [1.82, 2.24) is 0 Å². The largest absolute Gasteiger partial charge is 0.296 e. The summed E-state index contributed by atoms with van der Waals surface area (Å²) in [6.45, 7) is 8.40. The average Bonchev–Trinajstić information content (AvgIpc) is 2.21. The molecule has 2 nitrogen and oxygen atoms in total. The minimum atomic E-state index is 0.677. The highest BCUT2D eigenvalue weighted by Gasteiger charge is 1.91. The van der Waals surface area contributed by atoms with Crippen LogP contribution in [0.25, 0.3) is 0 Å². The van der Waals surface area contributed by atoms with E-state index in [-0.39, 0.29) is 0 Å². The second-order valence-electron chi connectivity index (χ2n) is 2.92. The summed E-state index contributed by atoms with van der Waals surface area (Å²) in [5.41, 5.74) is 2.37. The number of benzene rings is 1. The highest BCUT2D eigenvalue weighted by molar-refractivity contribution is 5.69. The third-order valence-corrected chi connectivity index (χ3v) is 1.80. The third kappa shape index (κ3) is 3.35. The van der Waals surface area contributed by atoms with Crippen molar-refractivity contribution in [3.63, 3.8) is 0 Å². The van der Waals surface area contributed by atoms with Gasteiger partial charge >= 0.3 is 0 Å². The third-order valence-electron chi connectivity index (χ3n) is 1.80. The highest BCUT2D eigenvalue weighted by Crippen LogP contribution is 2.06. The molecule has 0 saturated carbocycles. The predicted octanol–water partition coefficient (Wildman–Crippen LogP) is 2.64. The van der Waals surface area contributed by atoms with Crippen LogP contribution in [0.5, 0.6) is 0 Å². The monoisotopic (exact) mass is 186 g/mol. The summed E-state index contributed by atoms with van der Waals surface area (Å²) < 4.78 is 0. The second-order valence-corrected chi connectivity index (χ2v) is 2.92. The molecular weight excluding hydrogens is 172 g/mol. The van der Waals surface area contributed by atoms with Gasteiger partial charge in [0, 0.05) is 6.21 Å². The zero-order valence-corrected chi connectivity index (χ0v) is 8.19. The minimum Gasteiger partial charge on any atom is -0.296 e. The number of allylic oxidation sites excluding steroid dienone is 1. The molecule has 72 valence electrons. The number of aliphatic imine (C=N–C) groups is 2. The van der Waals surface area contributed by atoms with Gasteiger partial charge in [-0.1, -0.05) is 36.9 Å². The Morgan fingerprint density at radius 1 is 1.07 bits per heavy atom. The summed E-state index contributed by atoms with van der Waals surface area (Å²) in [4.78, 5) is 7.98. The Balaban J connectivity index is 2.58. The number of hydrogen-bond acceptors (Lipinski definition) is 2. The van der Waals surface area contributed by atoms with Gasteiger partial charge in [-0.15, -0.1) is 0 Å². The van der Waals surface area contributed by atoms with Gasteiger partial charge in [-0.3, -0.25) is 9.98 Å². The molecule has 2 heteroatoms. The van der Waals surface area contributed by atoms with Gasteiger partial charge in [-0.25, -0.2) is 0 Å². The number of rotatable bonds is 5. The molecule has 0 aliphatic carbocycles. The molecule has 1 aromatic rings. The SMILES string of the molecule is C=CC=NCc1ccc(CN=C)cc1. The molecule has 0 unspecified atom stereocenters. The van der Waals surface area contributed by atoms with Crippen molar-refractivity contribution in [3.05, 3.63) is 48.0 Å². The lowest BCUT2D eigenvalue weighted by atomic mass is 10.1. The van der Waals surface area contributed by atoms with Crippen molar-refractivity contribution >= 4 is 12.9 Å². The zero-order chi connectivity index (χ0) is 10.2. The maximum Gasteiger partial charge on any atom is 0.0639 e. The molecule has 0 spiro atoms. The van der Waals surface area contributed by atoms with E-state index in [1.807, 2.05) is 12.1 Å². The number of nitrogens with zero attached hydrogens (tertiary/aromatic N) is 2. The molecule has 0 bridgehead atoms. The highest BCUT2D eigenvalue weighted by atomic mass is 14.7. The topological polar surface area (TPSA) is 24.7 Å². The normalized spacial score (nSPS) is 10.3. The molecule has 0 aromatic heterocycles. The van der Waals surface area contributed by atoms with Gasteiger partial charge in [0.25, 0.3) is 0 Å². The fourth-order valence-electron chi connectivity index (χ4n) is 1.11. The standard InChI is InChI=1S/C12H14N2/c1-3-8-14-10-12-6-4-11(5-7-12)9-13-2/h3-8H,1-2,9-10H2. The van der Waals surface area contributed by atoms with Crippen LogP contribution in [0, 0.1) is 0 Å². The summed E-state index contributed by atoms with van der Waals surface area (Å²) in [7, 11) is 0. The molecule has 0 saturated heterocycles. The van der Waals surface area contributed by atoms with E-state index in [2.05, 4.69) is 35.4 Å². The lowest BCUT2D eigenvalue weighted by Crippen LogP contribution is -1.84. The van der Waals surface area contributed by atoms with Crippen LogP contribution in [-0.4, -0.2) is 12.9 Å². The molecule has 0 fully saturated rings. The molecule has 0 aliphatic heterocycles. The maximum absolute atomic E-state index is 4.16. The first kappa shape index (κ1) is 10.4. The van der Waals surface area contributed by atoms with E-state index < -0.39 is 0 Å². The molecule has 14 heavy (non-hydrogen) atoms. The molecule has 1 rings (SSSR count). The van der Waals surface area contributed by atoms with Crippen molar-refractivity contribution in [1.29, 1.82) is 0 Å². The van der Waals surface area contributed by atoms with E-state index >= 15 is 0 Å². The van der Waals surface area contributed by atoms with Gasteiger partial charge in [0.15, 0.2) is 0 Å². The summed E-state index contributed by atoms with van der Waals surface area (Å²) in [5, 5.41) is 0. The Labute approximate surface area is 84.7 Å². The van der Waals surface area contributed by atoms with Crippen LogP contribution >= 0.6 is 0 Å². The maximum atomic E-state index is 4.16. The molecule has 1 aromatic carbocycles. The van der Waals surface area contributed by atoms with Crippen LogP contribution in [0.3, 0.4) is 0 Å². The van der Waals surface area contributed by atoms with Gasteiger partial charge in [-0.05, 0) is 17.8 Å². The number of hydrogen-bond donors (Lipinski definition) is 0. The van der Waals surface area contributed by atoms with E-state index in [1.54, 1.807) is 12.3 Å². The smallest absolute Gasteiger partial charge is 0.0639 e. The Morgan fingerprint density at radius 3 is 2.14 bits per heavy atom. The van der Waals surface area contributed by atoms with E-state index in [0.29, 0.717) is 13.1 Å². The summed E-state index contributed by atoms with van der Waals surface area (Å²) >= 11 is 0. The van der Waals surface area contributed by atoms with Crippen LogP contribution in [0.1, 0.15) is 11.1 Å². The summed E-state index contributed by atoms with van der Waals surface area (Å²) in [6.07, 6.45) is 3.38. The van der Waals surface area contributed by atoms with Crippen molar-refractivity contribution in [2.24, 2.45) is 9.98 Å². The van der Waals surface area contributed by atoms with Crippen LogP contribution < -0.4 is 0 Å². The predicted molar refractivity (Wildman–Crippen MR) is 62.1 cm³/mol. The van der Waals surface area contributed by atoms with Crippen molar-refractivity contribution in [2.75, 3.05) is 0 Å². The minimum absolute atomic E-state index is 0.677. The summed E-state index contributed by atoms with van der Waals surface area (Å²) in [5.74, 6) is 0. The molecule has 0 atom stereocenters. The average molecular weight is 186 g/mol. The van der Waals surface area contributed by atoms with Crippen LogP contribution in [0.4, 0.5) is 0 Å². The molecular formula is C12H14N2. The second kappa shape index (κ2) is 5.86. The summed E-state index contributed by atoms with van der Waals surface area (Å²) in [6, 6.07) is 8.21. The van der Waals surface area contributed by atoms with Crippen LogP contribution in [0.2, 0.25) is 0 Å². The molecule has 0 amide bonds. The molecule has 0 radical (unpaired) electrons. The van der Waals surface area contributed by atoms with E-state index in [4.69, 9.17) is 0 Å². The lowest BCUT2D eigenvalue weighted by molar-refractivity contribution is 1.05. The molecule has 0 N–H and O–H groups in total. The van der Waals surface area contributed by atoms with Crippen molar-refractivity contribution < 1.29 is 0 Å². The first-order valence-corrected chi connectivity index (χ1v) is 4.48. The van der Waals surface area contributed by atoms with Gasteiger partial charge < -0.3 is 0 Å². The first-order valence-electron chi connectivity index (χ1n) is 4.48.